The molecule has 0 unspecified atom stereocenters. The predicted molar refractivity (Wildman–Crippen MR) is 338 cm³/mol. The van der Waals surface area contributed by atoms with Gasteiger partial charge in [-0.2, -0.15) is 0 Å². The Morgan fingerprint density at radius 1 is 0.543 bits per heavy atom. The molecule has 81 heavy (non-hydrogen) atoms. The van der Waals surface area contributed by atoms with Crippen molar-refractivity contribution in [2.45, 2.75) is 79.1 Å². The average Bonchev–Trinajstić information content (AvgIpc) is 3.62. The molecule has 8 aromatic rings. The van der Waals surface area contributed by atoms with Crippen molar-refractivity contribution < 1.29 is 14.2 Å². The van der Waals surface area contributed by atoms with E-state index in [2.05, 4.69) is 143 Å². The number of unbranched alkanes of at least 4 members (excludes halogenated alkanes) is 6. The number of carbonyl (C=O) groups is 2. The Labute approximate surface area is 478 Å². The van der Waals surface area contributed by atoms with Crippen LogP contribution in [0.5, 0.6) is 0 Å². The molecule has 0 aliphatic heterocycles. The minimum Gasteiger partial charge on any atom is -0.388 e. The highest BCUT2D eigenvalue weighted by Crippen LogP contribution is 2.36. The molecule has 0 spiro atoms. The number of amides is 2. The molecule has 12 heteroatoms. The summed E-state index contributed by atoms with van der Waals surface area (Å²) in [6.07, 6.45) is 12.2. The number of carbonyl (C=O) groups excluding carboxylic acids is 2. The SMILES string of the molecule is C=C1C(=Nc2cc(C)c(NC)cc2Nc2ccccc2)C=CC(NCCCCCCNC(=O)c2ccc(-c3ccc(C(=O)NCCCCCCNc4ccc5nc6cc(C)c(NC)cc6[n+](-c6ccccc6)c5c4C)cc3)cc2)=C1C. The maximum atomic E-state index is 13.0. The lowest BCUT2D eigenvalue weighted by Gasteiger charge is -2.19. The first kappa shape index (κ1) is 56.7. The van der Waals surface area contributed by atoms with Gasteiger partial charge in [-0.1, -0.05) is 92.9 Å². The number of benzene rings is 7. The van der Waals surface area contributed by atoms with E-state index in [-0.39, 0.29) is 11.8 Å². The zero-order chi connectivity index (χ0) is 56.7. The van der Waals surface area contributed by atoms with Crippen molar-refractivity contribution in [1.29, 1.82) is 0 Å². The number of aromatic nitrogens is 2. The second-order valence-corrected chi connectivity index (χ2v) is 20.9. The fourth-order valence-electron chi connectivity index (χ4n) is 10.5. The highest BCUT2D eigenvalue weighted by Gasteiger charge is 2.24. The van der Waals surface area contributed by atoms with Crippen molar-refractivity contribution in [3.63, 3.8) is 0 Å². The number of fused-ring (bicyclic) bond motifs is 2. The van der Waals surface area contributed by atoms with Crippen LogP contribution in [0.3, 0.4) is 0 Å². The standard InChI is InChI=1S/C69H76N10O2/c1-46-42-63(64(44-61(46)70-6)76-55-22-14-12-15-23-55)77-59-36-34-57(48(3)49(59)4)72-38-18-8-10-20-40-74-68(80)53-30-26-51(27-31-53)52-28-32-54(33-29-52)69(81)75-41-21-11-9-19-39-73-58-35-37-60-67(50(58)5)79(56-24-16-13-17-25-56)66-45-62(71-7)47(2)43-65(66)78-60/h12-17,22-37,42-45,70,72,76H,4,8-11,18-21,38-41H2,1-3,5-7H3,(H3,71,73,74,75,80,81)/p+1. The van der Waals surface area contributed by atoms with Gasteiger partial charge in [0.25, 0.3) is 11.8 Å². The molecule has 1 aromatic heterocycles. The second kappa shape index (κ2) is 27.2. The van der Waals surface area contributed by atoms with Crippen molar-refractivity contribution in [1.82, 2.24) is 20.9 Å². The molecule has 0 bridgehead atoms. The Balaban J connectivity index is 0.649. The normalized spacial score (nSPS) is 12.7. The fourth-order valence-corrected chi connectivity index (χ4v) is 10.5. The van der Waals surface area contributed by atoms with Crippen LogP contribution in [0.25, 0.3) is 38.9 Å². The highest BCUT2D eigenvalue weighted by atomic mass is 16.2. The number of aliphatic imine (C=N–C) groups is 1. The molecular weight excluding hydrogens is 1000 g/mol. The molecule has 7 N–H and O–H groups in total. The number of hydrogen-bond donors (Lipinski definition) is 7. The van der Waals surface area contributed by atoms with Crippen LogP contribution < -0.4 is 41.8 Å². The van der Waals surface area contributed by atoms with Crippen LogP contribution in [0, 0.1) is 20.8 Å². The van der Waals surface area contributed by atoms with Gasteiger partial charge in [0.1, 0.15) is 11.0 Å². The second-order valence-electron chi connectivity index (χ2n) is 20.9. The number of hydrogen-bond acceptors (Lipinski definition) is 9. The van der Waals surface area contributed by atoms with E-state index < -0.39 is 0 Å². The van der Waals surface area contributed by atoms with E-state index in [1.54, 1.807) is 0 Å². The highest BCUT2D eigenvalue weighted by molar-refractivity contribution is 6.14. The van der Waals surface area contributed by atoms with Crippen LogP contribution >= 0.6 is 0 Å². The lowest BCUT2D eigenvalue weighted by Crippen LogP contribution is -2.34. The Bertz CT molecular complexity index is 3630. The van der Waals surface area contributed by atoms with Crippen molar-refractivity contribution in [3.05, 3.63) is 209 Å². The minimum atomic E-state index is -0.0748. The number of rotatable bonds is 25. The first-order valence-electron chi connectivity index (χ1n) is 28.6. The van der Waals surface area contributed by atoms with Crippen LogP contribution in [-0.2, 0) is 0 Å². The summed E-state index contributed by atoms with van der Waals surface area (Å²) in [4.78, 5) is 36.2. The van der Waals surface area contributed by atoms with Gasteiger partial charge in [-0.05, 0) is 166 Å². The Morgan fingerprint density at radius 2 is 1.10 bits per heavy atom. The summed E-state index contributed by atoms with van der Waals surface area (Å²) < 4.78 is 2.33. The first-order chi connectivity index (χ1) is 39.5. The number of nitrogens with zero attached hydrogens (tertiary/aromatic N) is 3. The monoisotopic (exact) mass is 1080 g/mol. The van der Waals surface area contributed by atoms with Crippen LogP contribution in [0.2, 0.25) is 0 Å². The summed E-state index contributed by atoms with van der Waals surface area (Å²) in [5, 5.41) is 23.7. The molecule has 1 aliphatic rings. The van der Waals surface area contributed by atoms with Crippen LogP contribution in [0.1, 0.15) is 95.7 Å². The summed E-state index contributed by atoms with van der Waals surface area (Å²) in [6.45, 7) is 15.8. The molecule has 0 radical (unpaired) electrons. The van der Waals surface area contributed by atoms with E-state index in [4.69, 9.17) is 9.98 Å². The zero-order valence-electron chi connectivity index (χ0n) is 47.9. The van der Waals surface area contributed by atoms with Gasteiger partial charge in [0.05, 0.1) is 17.1 Å². The third-order valence-corrected chi connectivity index (χ3v) is 15.2. The summed E-state index contributed by atoms with van der Waals surface area (Å²) in [7, 11) is 3.89. The third kappa shape index (κ3) is 14.1. The molecule has 0 saturated heterocycles. The van der Waals surface area contributed by atoms with Crippen molar-refractivity contribution in [2.24, 2.45) is 4.99 Å². The maximum absolute atomic E-state index is 13.0. The largest absolute Gasteiger partial charge is 0.388 e. The third-order valence-electron chi connectivity index (χ3n) is 15.2. The number of aryl methyl sites for hydroxylation is 3. The number of allylic oxidation sites excluding steroid dienone is 4. The number of nitrogens with one attached hydrogen (secondary N) is 7. The van der Waals surface area contributed by atoms with Gasteiger partial charge >= 0.3 is 0 Å². The van der Waals surface area contributed by atoms with Crippen molar-refractivity contribution in [2.75, 3.05) is 61.5 Å². The molecule has 2 amide bonds. The van der Waals surface area contributed by atoms with E-state index in [1.165, 1.54) is 0 Å². The fraction of sp³-hybridized carbons (Fsp3) is 0.261. The zero-order valence-corrected chi connectivity index (χ0v) is 47.9. The molecule has 7 aromatic carbocycles. The van der Waals surface area contributed by atoms with Gasteiger partial charge in [-0.25, -0.2) is 9.98 Å². The average molecular weight is 1080 g/mol. The molecule has 0 atom stereocenters. The van der Waals surface area contributed by atoms with Gasteiger partial charge < -0.3 is 37.2 Å². The van der Waals surface area contributed by atoms with Gasteiger partial charge in [0.15, 0.2) is 0 Å². The molecule has 414 valence electrons. The molecule has 0 fully saturated rings. The Morgan fingerprint density at radius 3 is 1.70 bits per heavy atom. The van der Waals surface area contributed by atoms with Crippen molar-refractivity contribution >= 4 is 73.7 Å². The van der Waals surface area contributed by atoms with Crippen LogP contribution in [0.4, 0.5) is 34.1 Å². The lowest BCUT2D eigenvalue weighted by molar-refractivity contribution is -0.538. The summed E-state index contributed by atoms with van der Waals surface area (Å²) in [5.74, 6) is -0.147. The maximum Gasteiger partial charge on any atom is 0.251 e. The molecule has 12 nitrogen and oxygen atoms in total. The van der Waals surface area contributed by atoms with Gasteiger partial charge in [0, 0.05) is 104 Å². The number of para-hydroxylation sites is 2. The van der Waals surface area contributed by atoms with E-state index >= 15 is 0 Å². The molecule has 1 heterocycles. The lowest BCUT2D eigenvalue weighted by atomic mass is 9.96. The topological polar surface area (TPSA) is 147 Å². The van der Waals surface area contributed by atoms with E-state index in [1.807, 2.05) is 105 Å². The molecule has 0 saturated carbocycles. The van der Waals surface area contributed by atoms with E-state index in [9.17, 15) is 9.59 Å². The summed E-state index contributed by atoms with van der Waals surface area (Å²) in [5.41, 5.74) is 21.8. The summed E-state index contributed by atoms with van der Waals surface area (Å²) in [6, 6.07) is 48.8. The quantitative estimate of drug-likeness (QED) is 0.0170. The van der Waals surface area contributed by atoms with Gasteiger partial charge in [0.2, 0.25) is 16.7 Å². The predicted octanol–water partition coefficient (Wildman–Crippen LogP) is 14.5. The molecular formula is C69H77N10O2+. The van der Waals surface area contributed by atoms with E-state index in [0.717, 1.165) is 177 Å². The Kier molecular flexibility index (Phi) is 19.1. The van der Waals surface area contributed by atoms with Crippen molar-refractivity contribution in [3.8, 4) is 16.8 Å². The molecule has 1 aliphatic carbocycles. The molecule has 9 rings (SSSR count). The van der Waals surface area contributed by atoms with Gasteiger partial charge in [-0.15, -0.1) is 4.57 Å². The Hall–Kier alpha value is -9.03. The van der Waals surface area contributed by atoms with Crippen LogP contribution in [-0.4, -0.2) is 62.8 Å². The van der Waals surface area contributed by atoms with Gasteiger partial charge in [-0.3, -0.25) is 9.59 Å². The first-order valence-corrected chi connectivity index (χ1v) is 28.6. The minimum absolute atomic E-state index is 0.0718. The smallest absolute Gasteiger partial charge is 0.251 e. The summed E-state index contributed by atoms with van der Waals surface area (Å²) >= 11 is 0. The van der Waals surface area contributed by atoms with E-state index in [0.29, 0.717) is 24.2 Å². The van der Waals surface area contributed by atoms with Crippen LogP contribution in [0.15, 0.2) is 186 Å². The number of anilines is 5.